The molecule has 0 spiro atoms. The molecular formula is C28H26BrF5IN3O2. The van der Waals surface area contributed by atoms with Crippen LogP contribution in [0, 0.1) is 6.92 Å². The molecule has 1 aliphatic rings. The zero-order chi connectivity index (χ0) is 29.2. The second-order valence-corrected chi connectivity index (χ2v) is 12.0. The Bertz CT molecular complexity index is 1430. The van der Waals surface area contributed by atoms with Gasteiger partial charge in [-0.1, -0.05) is 34.1 Å². The number of fused-ring (bicyclic) bond motifs is 1. The molecule has 1 N–H and O–H groups in total. The lowest BCUT2D eigenvalue weighted by molar-refractivity contribution is -0.138. The summed E-state index contributed by atoms with van der Waals surface area (Å²) in [6.45, 7) is 1.30. The third-order valence-corrected chi connectivity index (χ3v) is 8.02. The number of carbonyl (C=O) groups excluding carboxylic acids is 2. The maximum absolute atomic E-state index is 14.3. The van der Waals surface area contributed by atoms with Crippen LogP contribution in [0.5, 0.6) is 0 Å². The second-order valence-electron chi connectivity index (χ2n) is 9.86. The first-order valence-corrected chi connectivity index (χ1v) is 14.5. The SMILES string of the molecule is Cc1c(N2CCCC(F)(F)C2)nc2ccc(Br)cc2c1C(=O)NCC(CCC(=O)I)c1ccccc1C(F)(F)F. The minimum absolute atomic E-state index is 0.0109. The highest BCUT2D eigenvalue weighted by molar-refractivity contribution is 14.1. The molecule has 0 bridgehead atoms. The molecule has 4 rings (SSSR count). The van der Waals surface area contributed by atoms with E-state index in [2.05, 4.69) is 26.2 Å². The van der Waals surface area contributed by atoms with E-state index in [-0.39, 0.29) is 53.0 Å². The maximum atomic E-state index is 14.3. The summed E-state index contributed by atoms with van der Waals surface area (Å²) in [5.74, 6) is -3.98. The summed E-state index contributed by atoms with van der Waals surface area (Å²) in [5, 5.41) is 3.25. The standard InChI is InChI=1S/C28H26BrF5IN3O2/c1-16-24(20-13-18(29)8-9-22(20)37-25(16)38-12-4-11-27(30,31)15-38)26(40)36-14-17(7-10-23(35)39)19-5-2-3-6-21(19)28(32,33)34/h2-3,5-6,8-9,13,17H,4,7,10-12,14-15H2,1H3,(H,36,40). The molecule has 40 heavy (non-hydrogen) atoms. The minimum Gasteiger partial charge on any atom is -0.351 e. The van der Waals surface area contributed by atoms with Gasteiger partial charge in [0.25, 0.3) is 11.8 Å². The molecule has 1 aliphatic heterocycles. The van der Waals surface area contributed by atoms with Gasteiger partial charge < -0.3 is 10.2 Å². The van der Waals surface area contributed by atoms with Crippen LogP contribution in [-0.2, 0) is 11.0 Å². The van der Waals surface area contributed by atoms with E-state index in [1.54, 1.807) is 47.7 Å². The van der Waals surface area contributed by atoms with Gasteiger partial charge in [-0.25, -0.2) is 13.8 Å². The highest BCUT2D eigenvalue weighted by Crippen LogP contribution is 2.38. The first-order chi connectivity index (χ1) is 18.8. The van der Waals surface area contributed by atoms with E-state index in [1.165, 1.54) is 23.1 Å². The lowest BCUT2D eigenvalue weighted by atomic mass is 9.90. The van der Waals surface area contributed by atoms with Gasteiger partial charge in [0.15, 0.2) is 3.79 Å². The lowest BCUT2D eigenvalue weighted by Gasteiger charge is -2.34. The average molecular weight is 738 g/mol. The third kappa shape index (κ3) is 7.10. The number of aromatic nitrogens is 1. The Hall–Kier alpha value is -2.35. The number of amides is 1. The molecule has 2 aromatic carbocycles. The van der Waals surface area contributed by atoms with Crippen molar-refractivity contribution in [1.82, 2.24) is 10.3 Å². The fourth-order valence-electron chi connectivity index (χ4n) is 5.14. The molecule has 214 valence electrons. The van der Waals surface area contributed by atoms with Crippen molar-refractivity contribution in [3.8, 4) is 0 Å². The van der Waals surface area contributed by atoms with Crippen LogP contribution in [0.2, 0.25) is 0 Å². The molecule has 0 saturated carbocycles. The number of rotatable bonds is 8. The molecule has 1 aromatic heterocycles. The Morgan fingerprint density at radius 1 is 1.20 bits per heavy atom. The van der Waals surface area contributed by atoms with Gasteiger partial charge in [0.2, 0.25) is 0 Å². The zero-order valence-corrected chi connectivity index (χ0v) is 25.2. The van der Waals surface area contributed by atoms with E-state index in [4.69, 9.17) is 0 Å². The number of pyridine rings is 1. The van der Waals surface area contributed by atoms with Gasteiger partial charge in [0.1, 0.15) is 5.82 Å². The van der Waals surface area contributed by atoms with Crippen LogP contribution >= 0.6 is 38.5 Å². The van der Waals surface area contributed by atoms with E-state index in [9.17, 15) is 31.5 Å². The fourth-order valence-corrected chi connectivity index (χ4v) is 5.81. The summed E-state index contributed by atoms with van der Waals surface area (Å²) in [5.41, 5.74) is 0.206. The quantitative estimate of drug-likeness (QED) is 0.146. The number of halogens is 7. The summed E-state index contributed by atoms with van der Waals surface area (Å²) in [6, 6.07) is 10.2. The van der Waals surface area contributed by atoms with Gasteiger partial charge in [-0.3, -0.25) is 9.59 Å². The number of carbonyl (C=O) groups is 2. The predicted molar refractivity (Wildman–Crippen MR) is 155 cm³/mol. The first kappa shape index (κ1) is 30.6. The Kier molecular flexibility index (Phi) is 9.38. The van der Waals surface area contributed by atoms with E-state index in [0.717, 1.165) is 6.07 Å². The fraction of sp³-hybridized carbons (Fsp3) is 0.393. The summed E-state index contributed by atoms with van der Waals surface area (Å²) in [7, 11) is 0. The van der Waals surface area contributed by atoms with E-state index >= 15 is 0 Å². The van der Waals surface area contributed by atoms with Gasteiger partial charge in [0, 0.05) is 47.3 Å². The second kappa shape index (κ2) is 12.3. The third-order valence-electron chi connectivity index (χ3n) is 6.99. The summed E-state index contributed by atoms with van der Waals surface area (Å²) >= 11 is 4.99. The number of anilines is 1. The molecule has 12 heteroatoms. The number of hydrogen-bond acceptors (Lipinski definition) is 4. The van der Waals surface area contributed by atoms with Crippen LogP contribution in [0.3, 0.4) is 0 Å². The molecule has 1 unspecified atom stereocenters. The molecule has 1 saturated heterocycles. The van der Waals surface area contributed by atoms with Crippen LogP contribution < -0.4 is 10.2 Å². The molecule has 1 fully saturated rings. The molecule has 2 heterocycles. The topological polar surface area (TPSA) is 62.3 Å². The predicted octanol–water partition coefficient (Wildman–Crippen LogP) is 7.82. The molecule has 1 atom stereocenters. The number of piperidine rings is 1. The molecule has 0 aliphatic carbocycles. The monoisotopic (exact) mass is 737 g/mol. The molecule has 5 nitrogen and oxygen atoms in total. The van der Waals surface area contributed by atoms with Crippen LogP contribution in [0.1, 0.15) is 58.6 Å². The lowest BCUT2D eigenvalue weighted by Crippen LogP contribution is -2.43. The summed E-state index contributed by atoms with van der Waals surface area (Å²) in [6.07, 6.45) is -4.43. The van der Waals surface area contributed by atoms with E-state index < -0.39 is 36.0 Å². The Morgan fingerprint density at radius 2 is 1.93 bits per heavy atom. The van der Waals surface area contributed by atoms with Crippen molar-refractivity contribution < 1.29 is 31.5 Å². The van der Waals surface area contributed by atoms with Crippen molar-refractivity contribution in [3.05, 3.63) is 69.2 Å². The van der Waals surface area contributed by atoms with Gasteiger partial charge in [-0.2, -0.15) is 13.2 Å². The van der Waals surface area contributed by atoms with Crippen molar-refractivity contribution in [3.63, 3.8) is 0 Å². The van der Waals surface area contributed by atoms with Gasteiger partial charge in [0.05, 0.1) is 23.2 Å². The Labute approximate surface area is 250 Å². The van der Waals surface area contributed by atoms with Crippen LogP contribution in [0.4, 0.5) is 27.8 Å². The van der Waals surface area contributed by atoms with E-state index in [1.807, 2.05) is 0 Å². The summed E-state index contributed by atoms with van der Waals surface area (Å²) < 4.78 is 70.3. The zero-order valence-electron chi connectivity index (χ0n) is 21.4. The smallest absolute Gasteiger partial charge is 0.351 e. The minimum atomic E-state index is -4.61. The highest BCUT2D eigenvalue weighted by atomic mass is 127. The first-order valence-electron chi connectivity index (χ1n) is 12.6. The number of hydrogen-bond donors (Lipinski definition) is 1. The Morgan fingerprint density at radius 3 is 2.60 bits per heavy atom. The molecule has 0 radical (unpaired) electrons. The van der Waals surface area contributed by atoms with Crippen molar-refractivity contribution in [2.75, 3.05) is 24.5 Å². The van der Waals surface area contributed by atoms with Crippen molar-refractivity contribution >= 4 is 64.9 Å². The van der Waals surface area contributed by atoms with Gasteiger partial charge in [-0.15, -0.1) is 0 Å². The molecule has 3 aromatic rings. The number of alkyl halides is 5. The van der Waals surface area contributed by atoms with Crippen molar-refractivity contribution in [1.29, 1.82) is 0 Å². The van der Waals surface area contributed by atoms with Gasteiger partial charge >= 0.3 is 6.18 Å². The number of nitrogens with zero attached hydrogens (tertiary/aromatic N) is 2. The number of benzene rings is 2. The van der Waals surface area contributed by atoms with Gasteiger partial charge in [-0.05, 0) is 72.2 Å². The van der Waals surface area contributed by atoms with Crippen LogP contribution in [0.25, 0.3) is 10.9 Å². The molecular weight excluding hydrogens is 712 g/mol. The van der Waals surface area contributed by atoms with Crippen LogP contribution in [-0.4, -0.2) is 40.2 Å². The molecule has 1 amide bonds. The Balaban J connectivity index is 1.71. The normalized spacial score (nSPS) is 16.1. The van der Waals surface area contributed by atoms with Crippen molar-refractivity contribution in [2.45, 2.75) is 50.6 Å². The average Bonchev–Trinajstić information content (AvgIpc) is 2.87. The largest absolute Gasteiger partial charge is 0.416 e. The number of nitrogens with one attached hydrogen (secondary N) is 1. The van der Waals surface area contributed by atoms with Crippen molar-refractivity contribution in [2.24, 2.45) is 0 Å². The summed E-state index contributed by atoms with van der Waals surface area (Å²) in [4.78, 5) is 31.5. The van der Waals surface area contributed by atoms with E-state index in [0.29, 0.717) is 27.5 Å². The highest BCUT2D eigenvalue weighted by Gasteiger charge is 2.37. The van der Waals surface area contributed by atoms with Crippen LogP contribution in [0.15, 0.2) is 46.9 Å². The maximum Gasteiger partial charge on any atom is 0.416 e.